The zero-order valence-electron chi connectivity index (χ0n) is 27.4. The van der Waals surface area contributed by atoms with Gasteiger partial charge in [-0.05, 0) is 79.6 Å². The molecule has 6 rings (SSSR count). The average molecular weight is 695 g/mol. The summed E-state index contributed by atoms with van der Waals surface area (Å²) in [4.78, 5) is 36.7. The standard InChI is InChI=1S/C36H41F3N6O3S/c1-42-17-15-35(16-18-42,33(47)40-29-11-13-30(14-12-29)43-19-21-48-22-20-43)45(23-26-7-9-28(10-8-26)36(37,38)39)32(46)25-44-24-31(41-34(44)49)27-5-3-2-4-6-27/h2-14,31H,15-25H2,1H3,(H,40,47)(H,41,49)/t31-/m0/s1. The molecule has 0 spiro atoms. The van der Waals surface area contributed by atoms with Gasteiger partial charge in [-0.15, -0.1) is 0 Å². The van der Waals surface area contributed by atoms with Crippen LogP contribution in [0.4, 0.5) is 24.5 Å². The van der Waals surface area contributed by atoms with Crippen LogP contribution in [-0.4, -0.2) is 96.7 Å². The quantitative estimate of drug-likeness (QED) is 0.307. The van der Waals surface area contributed by atoms with E-state index in [9.17, 15) is 22.8 Å². The SMILES string of the molecule is CN1CCC(C(=O)Nc2ccc(N3CCOCC3)cc2)(N(Cc2ccc(C(F)(F)F)cc2)C(=O)CN2C[C@@H](c3ccccc3)NC2=S)CC1. The molecule has 49 heavy (non-hydrogen) atoms. The third-order valence-electron chi connectivity index (χ3n) is 9.69. The molecule has 3 aromatic rings. The van der Waals surface area contributed by atoms with Crippen LogP contribution in [0.1, 0.15) is 35.6 Å². The van der Waals surface area contributed by atoms with Crippen molar-refractivity contribution in [1.82, 2.24) is 20.0 Å². The molecule has 260 valence electrons. The molecule has 0 bridgehead atoms. The van der Waals surface area contributed by atoms with E-state index in [4.69, 9.17) is 17.0 Å². The van der Waals surface area contributed by atoms with E-state index in [1.165, 1.54) is 12.1 Å². The Kier molecular flexibility index (Phi) is 10.4. The first-order chi connectivity index (χ1) is 23.5. The summed E-state index contributed by atoms with van der Waals surface area (Å²) in [5.74, 6) is -0.663. The molecule has 0 radical (unpaired) electrons. The highest BCUT2D eigenvalue weighted by atomic mass is 32.1. The lowest BCUT2D eigenvalue weighted by molar-refractivity contribution is -0.150. The third kappa shape index (κ3) is 8.00. The molecule has 3 heterocycles. The van der Waals surface area contributed by atoms with Crippen LogP contribution in [0, 0.1) is 0 Å². The maximum Gasteiger partial charge on any atom is 0.416 e. The monoisotopic (exact) mass is 694 g/mol. The number of ether oxygens (including phenoxy) is 1. The number of anilines is 2. The van der Waals surface area contributed by atoms with Crippen LogP contribution in [0.2, 0.25) is 0 Å². The molecule has 3 aliphatic heterocycles. The number of carbonyl (C=O) groups is 2. The second-order valence-electron chi connectivity index (χ2n) is 12.9. The van der Waals surface area contributed by atoms with E-state index < -0.39 is 17.3 Å². The van der Waals surface area contributed by atoms with Gasteiger partial charge in [-0.3, -0.25) is 9.59 Å². The smallest absolute Gasteiger partial charge is 0.378 e. The van der Waals surface area contributed by atoms with E-state index in [-0.39, 0.29) is 30.9 Å². The fourth-order valence-electron chi connectivity index (χ4n) is 6.74. The Morgan fingerprint density at radius 1 is 0.959 bits per heavy atom. The number of hydrogen-bond acceptors (Lipinski definition) is 6. The maximum atomic E-state index is 14.5. The van der Waals surface area contributed by atoms with Crippen molar-refractivity contribution in [1.29, 1.82) is 0 Å². The van der Waals surface area contributed by atoms with Crippen molar-refractivity contribution in [2.24, 2.45) is 0 Å². The summed E-state index contributed by atoms with van der Waals surface area (Å²) in [5, 5.41) is 6.81. The van der Waals surface area contributed by atoms with Gasteiger partial charge in [-0.2, -0.15) is 13.2 Å². The van der Waals surface area contributed by atoms with Gasteiger partial charge in [0.1, 0.15) is 5.54 Å². The van der Waals surface area contributed by atoms with Crippen molar-refractivity contribution in [3.8, 4) is 0 Å². The van der Waals surface area contributed by atoms with E-state index in [0.29, 0.717) is 62.1 Å². The molecule has 0 aromatic heterocycles. The molecule has 3 fully saturated rings. The average Bonchev–Trinajstić information content (AvgIpc) is 3.48. The van der Waals surface area contributed by atoms with Crippen LogP contribution < -0.4 is 15.5 Å². The lowest BCUT2D eigenvalue weighted by Crippen LogP contribution is -2.64. The number of hydrogen-bond donors (Lipinski definition) is 2. The van der Waals surface area contributed by atoms with Crippen LogP contribution in [0.3, 0.4) is 0 Å². The number of likely N-dealkylation sites (tertiary alicyclic amines) is 1. The van der Waals surface area contributed by atoms with E-state index in [2.05, 4.69) is 20.4 Å². The van der Waals surface area contributed by atoms with Crippen molar-refractivity contribution >= 4 is 40.5 Å². The molecular weight excluding hydrogens is 653 g/mol. The Labute approximate surface area is 290 Å². The lowest BCUT2D eigenvalue weighted by Gasteiger charge is -2.47. The number of piperidine rings is 1. The van der Waals surface area contributed by atoms with Gasteiger partial charge < -0.3 is 35.0 Å². The second kappa shape index (κ2) is 14.7. The van der Waals surface area contributed by atoms with Gasteiger partial charge in [0.15, 0.2) is 5.11 Å². The van der Waals surface area contributed by atoms with Crippen LogP contribution in [0.5, 0.6) is 0 Å². The first-order valence-electron chi connectivity index (χ1n) is 16.5. The number of alkyl halides is 3. The minimum Gasteiger partial charge on any atom is -0.378 e. The van der Waals surface area contributed by atoms with Crippen molar-refractivity contribution in [2.75, 3.05) is 69.7 Å². The molecule has 2 N–H and O–H groups in total. The molecule has 13 heteroatoms. The minimum absolute atomic E-state index is 0.0415. The van der Waals surface area contributed by atoms with Crippen LogP contribution >= 0.6 is 12.2 Å². The third-order valence-corrected chi connectivity index (χ3v) is 10.1. The fraction of sp³-hybridized carbons (Fsp3) is 0.417. The van der Waals surface area contributed by atoms with Gasteiger partial charge >= 0.3 is 6.18 Å². The molecule has 3 aliphatic rings. The number of nitrogens with one attached hydrogen (secondary N) is 2. The van der Waals surface area contributed by atoms with E-state index in [0.717, 1.165) is 36.5 Å². The Morgan fingerprint density at radius 2 is 1.61 bits per heavy atom. The van der Waals surface area contributed by atoms with Crippen molar-refractivity contribution in [2.45, 2.75) is 37.1 Å². The van der Waals surface area contributed by atoms with Crippen LogP contribution in [-0.2, 0) is 27.0 Å². The van der Waals surface area contributed by atoms with E-state index in [1.807, 2.05) is 61.6 Å². The number of morpholine rings is 1. The van der Waals surface area contributed by atoms with Crippen LogP contribution in [0.25, 0.3) is 0 Å². The number of rotatable bonds is 9. The highest BCUT2D eigenvalue weighted by Gasteiger charge is 2.48. The number of amides is 2. The summed E-state index contributed by atoms with van der Waals surface area (Å²) in [6, 6.07) is 22.1. The Hall–Kier alpha value is -4.20. The second-order valence-corrected chi connectivity index (χ2v) is 13.3. The molecule has 3 saturated heterocycles. The summed E-state index contributed by atoms with van der Waals surface area (Å²) in [7, 11) is 1.96. The summed E-state index contributed by atoms with van der Waals surface area (Å²) in [6.07, 6.45) is -3.79. The summed E-state index contributed by atoms with van der Waals surface area (Å²) >= 11 is 5.64. The Morgan fingerprint density at radius 3 is 2.24 bits per heavy atom. The van der Waals surface area contributed by atoms with E-state index >= 15 is 0 Å². The van der Waals surface area contributed by atoms with Gasteiger partial charge in [0.25, 0.3) is 0 Å². The highest BCUT2D eigenvalue weighted by molar-refractivity contribution is 7.80. The van der Waals surface area contributed by atoms with Gasteiger partial charge in [0.2, 0.25) is 11.8 Å². The molecule has 3 aromatic carbocycles. The predicted molar refractivity (Wildman–Crippen MR) is 186 cm³/mol. The summed E-state index contributed by atoms with van der Waals surface area (Å²) < 4.78 is 45.7. The van der Waals surface area contributed by atoms with Crippen molar-refractivity contribution < 1.29 is 27.5 Å². The lowest BCUT2D eigenvalue weighted by atomic mass is 9.83. The number of thiocarbonyl (C=S) groups is 1. The number of halogens is 3. The van der Waals surface area contributed by atoms with Gasteiger partial charge in [0.05, 0.1) is 31.4 Å². The van der Waals surface area contributed by atoms with Crippen molar-refractivity contribution in [3.63, 3.8) is 0 Å². The topological polar surface area (TPSA) is 80.4 Å². The summed E-state index contributed by atoms with van der Waals surface area (Å²) in [5.41, 5.74) is 1.11. The zero-order chi connectivity index (χ0) is 34.6. The Balaban J connectivity index is 1.28. The van der Waals surface area contributed by atoms with Gasteiger partial charge in [-0.1, -0.05) is 42.5 Å². The normalized spacial score (nSPS) is 19.8. The van der Waals surface area contributed by atoms with Crippen molar-refractivity contribution in [3.05, 3.63) is 95.6 Å². The molecule has 2 amide bonds. The summed E-state index contributed by atoms with van der Waals surface area (Å²) in [6.45, 7) is 4.32. The molecule has 1 atom stereocenters. The number of benzene rings is 3. The zero-order valence-corrected chi connectivity index (χ0v) is 28.2. The minimum atomic E-state index is -4.49. The number of carbonyl (C=O) groups excluding carboxylic acids is 2. The van der Waals surface area contributed by atoms with E-state index in [1.54, 1.807) is 9.80 Å². The maximum absolute atomic E-state index is 14.5. The van der Waals surface area contributed by atoms with Crippen LogP contribution in [0.15, 0.2) is 78.9 Å². The molecule has 0 saturated carbocycles. The number of nitrogens with zero attached hydrogens (tertiary/aromatic N) is 4. The predicted octanol–water partition coefficient (Wildman–Crippen LogP) is 4.91. The Bertz CT molecular complexity index is 1610. The molecule has 0 aliphatic carbocycles. The van der Waals surface area contributed by atoms with Gasteiger partial charge in [0, 0.05) is 50.6 Å². The first-order valence-corrected chi connectivity index (χ1v) is 16.9. The highest BCUT2D eigenvalue weighted by Crippen LogP contribution is 2.34. The molecule has 9 nitrogen and oxygen atoms in total. The fourth-order valence-corrected chi connectivity index (χ4v) is 7.02. The first kappa shape index (κ1) is 34.7. The molecular formula is C36H41F3N6O3S. The largest absolute Gasteiger partial charge is 0.416 e. The molecule has 0 unspecified atom stereocenters. The van der Waals surface area contributed by atoms with Gasteiger partial charge in [-0.25, -0.2) is 0 Å².